The third-order valence-corrected chi connectivity index (χ3v) is 3.30. The molecule has 0 aliphatic rings. The van der Waals surface area contributed by atoms with Crippen LogP contribution in [-0.4, -0.2) is 14.5 Å². The number of hydrogen-bond acceptors (Lipinski definition) is 1. The van der Waals surface area contributed by atoms with Gasteiger partial charge < -0.3 is 17.4 Å². The quantitative estimate of drug-likeness (QED) is 0.591. The number of H-pyrrole nitrogens is 1. The summed E-state index contributed by atoms with van der Waals surface area (Å²) in [5.41, 5.74) is 4.74. The van der Waals surface area contributed by atoms with Gasteiger partial charge in [-0.3, -0.25) is 0 Å². The number of nitrogens with one attached hydrogen (secondary N) is 1. The van der Waals surface area contributed by atoms with E-state index in [9.17, 15) is 0 Å². The van der Waals surface area contributed by atoms with E-state index in [0.29, 0.717) is 0 Å². The number of imidazole rings is 2. The monoisotopic (exact) mass is 276 g/mol. The summed E-state index contributed by atoms with van der Waals surface area (Å²) in [5.74, 6) is 0.992. The van der Waals surface area contributed by atoms with Crippen LogP contribution in [0, 0.1) is 13.8 Å². The highest BCUT2D eigenvalue weighted by Gasteiger charge is 2.08. The standard InChI is InChI=1S/C14H17N4.ClH/c1-10-6-12-13(7-11(10)2)16-14(15-12)8-18-5-4-17(3)9-18;/h4-7,9H,8H2,1-3H3,(H,15,16);1H/q+1;/p-1. The van der Waals surface area contributed by atoms with E-state index in [2.05, 4.69) is 40.5 Å². The number of aromatic nitrogens is 4. The minimum atomic E-state index is 0. The average Bonchev–Trinajstić information content (AvgIpc) is 2.86. The van der Waals surface area contributed by atoms with Gasteiger partial charge in [0.2, 0.25) is 6.33 Å². The molecule has 1 N–H and O–H groups in total. The van der Waals surface area contributed by atoms with Crippen LogP contribution in [0.25, 0.3) is 11.0 Å². The summed E-state index contributed by atoms with van der Waals surface area (Å²) in [5, 5.41) is 0. The van der Waals surface area contributed by atoms with Crippen molar-refractivity contribution in [2.45, 2.75) is 20.4 Å². The summed E-state index contributed by atoms with van der Waals surface area (Å²) in [6, 6.07) is 4.30. The molecule has 0 radical (unpaired) electrons. The van der Waals surface area contributed by atoms with Crippen molar-refractivity contribution < 1.29 is 17.0 Å². The molecular formula is C14H17ClN4. The second-order valence-electron chi connectivity index (χ2n) is 4.89. The Kier molecular flexibility index (Phi) is 3.62. The minimum Gasteiger partial charge on any atom is -1.00 e. The highest BCUT2D eigenvalue weighted by atomic mass is 35.5. The van der Waals surface area contributed by atoms with Gasteiger partial charge in [-0.25, -0.2) is 14.1 Å². The molecule has 0 aliphatic heterocycles. The van der Waals surface area contributed by atoms with E-state index in [1.165, 1.54) is 11.1 Å². The SMILES string of the molecule is Cc1cc2nc(Cn3cc[n+](C)c3)[nH]c2cc1C.[Cl-]. The molecule has 100 valence electrons. The Morgan fingerprint density at radius 2 is 2.00 bits per heavy atom. The lowest BCUT2D eigenvalue weighted by atomic mass is 10.1. The smallest absolute Gasteiger partial charge is 0.243 e. The summed E-state index contributed by atoms with van der Waals surface area (Å²) in [6.07, 6.45) is 6.12. The molecule has 4 nitrogen and oxygen atoms in total. The predicted molar refractivity (Wildman–Crippen MR) is 70.3 cm³/mol. The fourth-order valence-corrected chi connectivity index (χ4v) is 2.17. The molecule has 2 heterocycles. The molecular weight excluding hydrogens is 260 g/mol. The first-order chi connectivity index (χ1) is 8.61. The molecule has 0 saturated heterocycles. The number of hydrogen-bond donors (Lipinski definition) is 1. The van der Waals surface area contributed by atoms with Crippen molar-refractivity contribution in [3.63, 3.8) is 0 Å². The molecule has 2 aromatic heterocycles. The maximum Gasteiger partial charge on any atom is 0.243 e. The van der Waals surface area contributed by atoms with Gasteiger partial charge in [-0.1, -0.05) is 0 Å². The van der Waals surface area contributed by atoms with Gasteiger partial charge in [0.1, 0.15) is 24.8 Å². The second kappa shape index (κ2) is 5.05. The summed E-state index contributed by atoms with van der Waals surface area (Å²) in [7, 11) is 2.02. The first-order valence-corrected chi connectivity index (χ1v) is 6.09. The van der Waals surface area contributed by atoms with Crippen LogP contribution in [0.2, 0.25) is 0 Å². The summed E-state index contributed by atoms with van der Waals surface area (Å²) in [4.78, 5) is 8.01. The molecule has 0 saturated carbocycles. The lowest BCUT2D eigenvalue weighted by Crippen LogP contribution is -3.00. The Morgan fingerprint density at radius 1 is 1.26 bits per heavy atom. The van der Waals surface area contributed by atoms with Crippen LogP contribution >= 0.6 is 0 Å². The second-order valence-corrected chi connectivity index (χ2v) is 4.89. The van der Waals surface area contributed by atoms with Gasteiger partial charge in [0.05, 0.1) is 18.1 Å². The molecule has 0 aliphatic carbocycles. The highest BCUT2D eigenvalue weighted by molar-refractivity contribution is 5.77. The van der Waals surface area contributed by atoms with Crippen LogP contribution in [0.3, 0.4) is 0 Å². The molecule has 0 fully saturated rings. The predicted octanol–water partition coefficient (Wildman–Crippen LogP) is -1.14. The zero-order valence-electron chi connectivity index (χ0n) is 11.3. The van der Waals surface area contributed by atoms with Crippen LogP contribution < -0.4 is 17.0 Å². The van der Waals surface area contributed by atoms with Crippen molar-refractivity contribution in [3.8, 4) is 0 Å². The zero-order chi connectivity index (χ0) is 12.7. The molecule has 0 spiro atoms. The average molecular weight is 277 g/mol. The molecule has 1 aromatic carbocycles. The Bertz CT molecular complexity index is 672. The first-order valence-electron chi connectivity index (χ1n) is 6.09. The number of aromatic amines is 1. The fraction of sp³-hybridized carbons (Fsp3) is 0.286. The van der Waals surface area contributed by atoms with Crippen LogP contribution in [0.1, 0.15) is 17.0 Å². The number of fused-ring (bicyclic) bond motifs is 1. The zero-order valence-corrected chi connectivity index (χ0v) is 12.1. The number of halogens is 1. The van der Waals surface area contributed by atoms with Crippen molar-refractivity contribution in [3.05, 3.63) is 47.8 Å². The summed E-state index contributed by atoms with van der Waals surface area (Å²) < 4.78 is 4.13. The minimum absolute atomic E-state index is 0. The van der Waals surface area contributed by atoms with Crippen molar-refractivity contribution in [1.29, 1.82) is 0 Å². The van der Waals surface area contributed by atoms with Gasteiger partial charge in [0, 0.05) is 0 Å². The van der Waals surface area contributed by atoms with E-state index < -0.39 is 0 Å². The van der Waals surface area contributed by atoms with Crippen LogP contribution in [0.4, 0.5) is 0 Å². The number of nitrogens with zero attached hydrogens (tertiary/aromatic N) is 3. The van der Waals surface area contributed by atoms with Crippen molar-refractivity contribution in [1.82, 2.24) is 14.5 Å². The van der Waals surface area contributed by atoms with Crippen molar-refractivity contribution in [2.75, 3.05) is 0 Å². The summed E-state index contributed by atoms with van der Waals surface area (Å²) >= 11 is 0. The van der Waals surface area contributed by atoms with E-state index in [0.717, 1.165) is 23.4 Å². The van der Waals surface area contributed by atoms with E-state index >= 15 is 0 Å². The van der Waals surface area contributed by atoms with Crippen molar-refractivity contribution >= 4 is 11.0 Å². The molecule has 0 atom stereocenters. The van der Waals surface area contributed by atoms with Gasteiger partial charge in [0.15, 0.2) is 0 Å². The van der Waals surface area contributed by atoms with Crippen LogP contribution in [0.15, 0.2) is 30.9 Å². The van der Waals surface area contributed by atoms with E-state index in [1.54, 1.807) is 0 Å². The molecule has 5 heteroatoms. The molecule has 0 bridgehead atoms. The Balaban J connectivity index is 0.00000133. The largest absolute Gasteiger partial charge is 1.00 e. The topological polar surface area (TPSA) is 37.5 Å². The van der Waals surface area contributed by atoms with Gasteiger partial charge in [0.25, 0.3) is 0 Å². The molecule has 3 rings (SSSR count). The van der Waals surface area contributed by atoms with E-state index in [4.69, 9.17) is 0 Å². The van der Waals surface area contributed by atoms with E-state index in [-0.39, 0.29) is 12.4 Å². The lowest BCUT2D eigenvalue weighted by Gasteiger charge is -1.97. The van der Waals surface area contributed by atoms with Gasteiger partial charge in [-0.05, 0) is 37.1 Å². The third kappa shape index (κ3) is 2.63. The summed E-state index contributed by atoms with van der Waals surface area (Å²) in [6.45, 7) is 5.02. The maximum absolute atomic E-state index is 4.63. The number of aryl methyl sites for hydroxylation is 3. The Hall–Kier alpha value is -1.81. The third-order valence-electron chi connectivity index (χ3n) is 3.30. The Morgan fingerprint density at radius 3 is 2.68 bits per heavy atom. The number of benzene rings is 1. The Labute approximate surface area is 118 Å². The normalized spacial score (nSPS) is 10.7. The van der Waals surface area contributed by atoms with Crippen molar-refractivity contribution in [2.24, 2.45) is 7.05 Å². The molecule has 0 amide bonds. The van der Waals surface area contributed by atoms with Gasteiger partial charge >= 0.3 is 0 Å². The van der Waals surface area contributed by atoms with Crippen LogP contribution in [-0.2, 0) is 13.6 Å². The van der Waals surface area contributed by atoms with Crippen LogP contribution in [0.5, 0.6) is 0 Å². The highest BCUT2D eigenvalue weighted by Crippen LogP contribution is 2.17. The molecule has 3 aromatic rings. The molecule has 19 heavy (non-hydrogen) atoms. The first kappa shape index (κ1) is 13.6. The maximum atomic E-state index is 4.63. The van der Waals surface area contributed by atoms with Gasteiger partial charge in [-0.2, -0.15) is 0 Å². The lowest BCUT2D eigenvalue weighted by molar-refractivity contribution is -0.671. The molecule has 0 unspecified atom stereocenters. The van der Waals surface area contributed by atoms with E-state index in [1.807, 2.05) is 30.3 Å². The number of rotatable bonds is 2. The van der Waals surface area contributed by atoms with Gasteiger partial charge in [-0.15, -0.1) is 0 Å². The fourth-order valence-electron chi connectivity index (χ4n) is 2.17.